The van der Waals surface area contributed by atoms with Crippen LogP contribution in [0.2, 0.25) is 0 Å². The van der Waals surface area contributed by atoms with E-state index in [1.165, 1.54) is 6.42 Å². The van der Waals surface area contributed by atoms with Crippen LogP contribution in [-0.2, 0) is 4.79 Å². The van der Waals surface area contributed by atoms with Gasteiger partial charge < -0.3 is 10.6 Å². The molecule has 2 N–H and O–H groups in total. The van der Waals surface area contributed by atoms with Crippen LogP contribution < -0.4 is 5.73 Å². The van der Waals surface area contributed by atoms with Gasteiger partial charge in [0.25, 0.3) is 0 Å². The van der Waals surface area contributed by atoms with Gasteiger partial charge in [0.1, 0.15) is 0 Å². The molecule has 3 heteroatoms. The molecule has 1 saturated heterocycles. The lowest BCUT2D eigenvalue weighted by atomic mass is 9.81. The van der Waals surface area contributed by atoms with Crippen LogP contribution in [0.4, 0.5) is 0 Å². The van der Waals surface area contributed by atoms with Gasteiger partial charge in [-0.05, 0) is 25.2 Å². The summed E-state index contributed by atoms with van der Waals surface area (Å²) in [6.45, 7) is 8.69. The largest absolute Gasteiger partial charge is 0.342 e. The highest BCUT2D eigenvalue weighted by Crippen LogP contribution is 2.31. The highest BCUT2D eigenvalue weighted by molar-refractivity contribution is 5.83. The van der Waals surface area contributed by atoms with Crippen LogP contribution in [0.15, 0.2) is 0 Å². The van der Waals surface area contributed by atoms with Crippen molar-refractivity contribution in [1.82, 2.24) is 4.90 Å². The highest BCUT2D eigenvalue weighted by atomic mass is 16.2. The van der Waals surface area contributed by atoms with Gasteiger partial charge in [0.05, 0.1) is 5.41 Å². The van der Waals surface area contributed by atoms with Gasteiger partial charge >= 0.3 is 0 Å². The Morgan fingerprint density at radius 3 is 2.38 bits per heavy atom. The smallest absolute Gasteiger partial charge is 0.230 e. The first-order valence-corrected chi connectivity index (χ1v) is 6.63. The van der Waals surface area contributed by atoms with Gasteiger partial charge in [-0.1, -0.05) is 27.2 Å². The summed E-state index contributed by atoms with van der Waals surface area (Å²) in [5, 5.41) is 0. The van der Waals surface area contributed by atoms with Crippen LogP contribution in [0, 0.1) is 11.3 Å². The molecule has 0 spiro atoms. The molecule has 1 aliphatic rings. The van der Waals surface area contributed by atoms with Crippen LogP contribution in [0.5, 0.6) is 0 Å². The molecular formula is C13H26N2O. The lowest BCUT2D eigenvalue weighted by molar-refractivity contribution is -0.141. The standard InChI is InChI=1S/C13H26N2O/c1-4-11-7-8-15(9-11)12(16)13(5-2,6-3)10-14/h11H,4-10,14H2,1-3H3. The monoisotopic (exact) mass is 226 g/mol. The molecule has 0 aliphatic carbocycles. The van der Waals surface area contributed by atoms with E-state index < -0.39 is 0 Å². The number of amides is 1. The maximum absolute atomic E-state index is 12.5. The number of carbonyl (C=O) groups excluding carboxylic acids is 1. The minimum Gasteiger partial charge on any atom is -0.342 e. The van der Waals surface area contributed by atoms with E-state index in [1.807, 2.05) is 4.90 Å². The van der Waals surface area contributed by atoms with Crippen molar-refractivity contribution in [3.8, 4) is 0 Å². The van der Waals surface area contributed by atoms with Gasteiger partial charge in [-0.15, -0.1) is 0 Å². The molecule has 94 valence electrons. The molecule has 0 bridgehead atoms. The van der Waals surface area contributed by atoms with Crippen LogP contribution in [-0.4, -0.2) is 30.4 Å². The second-order valence-electron chi connectivity index (χ2n) is 5.01. The Morgan fingerprint density at radius 1 is 1.38 bits per heavy atom. The molecule has 1 amide bonds. The summed E-state index contributed by atoms with van der Waals surface area (Å²) < 4.78 is 0. The molecule has 0 aromatic carbocycles. The van der Waals surface area contributed by atoms with Crippen molar-refractivity contribution >= 4 is 5.91 Å². The van der Waals surface area contributed by atoms with E-state index in [1.54, 1.807) is 0 Å². The maximum atomic E-state index is 12.5. The fraction of sp³-hybridized carbons (Fsp3) is 0.923. The van der Waals surface area contributed by atoms with E-state index in [0.29, 0.717) is 12.5 Å². The van der Waals surface area contributed by atoms with Gasteiger partial charge in [0.2, 0.25) is 5.91 Å². The van der Waals surface area contributed by atoms with Crippen molar-refractivity contribution in [2.24, 2.45) is 17.1 Å². The van der Waals surface area contributed by atoms with Crippen LogP contribution in [0.3, 0.4) is 0 Å². The van der Waals surface area contributed by atoms with E-state index in [2.05, 4.69) is 20.8 Å². The van der Waals surface area contributed by atoms with Crippen LogP contribution >= 0.6 is 0 Å². The SMILES string of the molecule is CCC1CCN(C(=O)C(CC)(CC)CN)C1. The number of nitrogens with zero attached hydrogens (tertiary/aromatic N) is 1. The van der Waals surface area contributed by atoms with Crippen molar-refractivity contribution in [3.63, 3.8) is 0 Å². The number of rotatable bonds is 5. The van der Waals surface area contributed by atoms with E-state index >= 15 is 0 Å². The molecule has 1 heterocycles. The quantitative estimate of drug-likeness (QED) is 0.779. The predicted octanol–water partition coefficient (Wildman–Crippen LogP) is 2.01. The van der Waals surface area contributed by atoms with Crippen LogP contribution in [0.25, 0.3) is 0 Å². The third-order valence-corrected chi connectivity index (χ3v) is 4.35. The van der Waals surface area contributed by atoms with Crippen molar-refractivity contribution < 1.29 is 4.79 Å². The fourth-order valence-electron chi connectivity index (χ4n) is 2.61. The van der Waals surface area contributed by atoms with Crippen molar-refractivity contribution in [1.29, 1.82) is 0 Å². The van der Waals surface area contributed by atoms with E-state index in [-0.39, 0.29) is 11.3 Å². The summed E-state index contributed by atoms with van der Waals surface area (Å²) in [7, 11) is 0. The predicted molar refractivity (Wildman–Crippen MR) is 67.0 cm³/mol. The molecular weight excluding hydrogens is 200 g/mol. The minimum absolute atomic E-state index is 0.288. The first-order chi connectivity index (χ1) is 7.63. The summed E-state index contributed by atoms with van der Waals surface area (Å²) in [6.07, 6.45) is 4.05. The van der Waals surface area contributed by atoms with Crippen molar-refractivity contribution in [3.05, 3.63) is 0 Å². The summed E-state index contributed by atoms with van der Waals surface area (Å²) in [6, 6.07) is 0. The average molecular weight is 226 g/mol. The molecule has 16 heavy (non-hydrogen) atoms. The van der Waals surface area contributed by atoms with Gasteiger partial charge in [-0.2, -0.15) is 0 Å². The molecule has 0 aromatic heterocycles. The zero-order chi connectivity index (χ0) is 12.2. The Hall–Kier alpha value is -0.570. The van der Waals surface area contributed by atoms with Gasteiger partial charge in [0, 0.05) is 19.6 Å². The first kappa shape index (κ1) is 13.5. The lowest BCUT2D eigenvalue weighted by Gasteiger charge is -2.33. The fourth-order valence-corrected chi connectivity index (χ4v) is 2.61. The summed E-state index contributed by atoms with van der Waals surface area (Å²) in [4.78, 5) is 14.5. The zero-order valence-electron chi connectivity index (χ0n) is 11.0. The maximum Gasteiger partial charge on any atom is 0.230 e. The third kappa shape index (κ3) is 2.40. The number of likely N-dealkylation sites (tertiary alicyclic amines) is 1. The zero-order valence-corrected chi connectivity index (χ0v) is 11.0. The number of nitrogens with two attached hydrogens (primary N) is 1. The van der Waals surface area contributed by atoms with Gasteiger partial charge in [0.15, 0.2) is 0 Å². The topological polar surface area (TPSA) is 46.3 Å². The normalized spacial score (nSPS) is 21.5. The number of carbonyl (C=O) groups is 1. The van der Waals surface area contributed by atoms with E-state index in [4.69, 9.17) is 5.73 Å². The van der Waals surface area contributed by atoms with Crippen LogP contribution in [0.1, 0.15) is 46.5 Å². The van der Waals surface area contributed by atoms with E-state index in [9.17, 15) is 4.79 Å². The average Bonchev–Trinajstić information content (AvgIpc) is 2.80. The molecule has 1 atom stereocenters. The lowest BCUT2D eigenvalue weighted by Crippen LogP contribution is -2.46. The summed E-state index contributed by atoms with van der Waals surface area (Å²) >= 11 is 0. The molecule has 1 rings (SSSR count). The number of hydrogen-bond donors (Lipinski definition) is 1. The number of hydrogen-bond acceptors (Lipinski definition) is 2. The summed E-state index contributed by atoms with van der Waals surface area (Å²) in [5.41, 5.74) is 5.51. The van der Waals surface area contributed by atoms with E-state index in [0.717, 1.165) is 32.4 Å². The Balaban J connectivity index is 2.69. The molecule has 1 fully saturated rings. The van der Waals surface area contributed by atoms with Gasteiger partial charge in [-0.25, -0.2) is 0 Å². The van der Waals surface area contributed by atoms with Crippen molar-refractivity contribution in [2.45, 2.75) is 46.5 Å². The molecule has 0 radical (unpaired) electrons. The molecule has 0 saturated carbocycles. The van der Waals surface area contributed by atoms with Crippen molar-refractivity contribution in [2.75, 3.05) is 19.6 Å². The molecule has 1 aliphatic heterocycles. The van der Waals surface area contributed by atoms with Gasteiger partial charge in [-0.3, -0.25) is 4.79 Å². The second kappa shape index (κ2) is 5.67. The minimum atomic E-state index is -0.303. The second-order valence-corrected chi connectivity index (χ2v) is 5.01. The third-order valence-electron chi connectivity index (χ3n) is 4.35. The first-order valence-electron chi connectivity index (χ1n) is 6.63. The Bertz CT molecular complexity index is 228. The summed E-state index contributed by atoms with van der Waals surface area (Å²) in [5.74, 6) is 0.990. The Morgan fingerprint density at radius 2 is 2.00 bits per heavy atom. The molecule has 1 unspecified atom stereocenters. The Kier molecular flexibility index (Phi) is 4.78. The highest BCUT2D eigenvalue weighted by Gasteiger charge is 2.38. The molecule has 0 aromatic rings. The Labute approximate surface area is 99.4 Å². The molecule has 3 nitrogen and oxygen atoms in total.